The molecule has 4 rings (SSSR count). The Morgan fingerprint density at radius 2 is 1.44 bits per heavy atom. The molecular weight excluding hydrogens is 444 g/mol. The van der Waals surface area contributed by atoms with Gasteiger partial charge >= 0.3 is 5.97 Å². The lowest BCUT2D eigenvalue weighted by atomic mass is 9.62. The smallest absolute Gasteiger partial charge is 0.335 e. The van der Waals surface area contributed by atoms with E-state index in [2.05, 4.69) is 85.7 Å². The Balaban J connectivity index is 1.80. The summed E-state index contributed by atoms with van der Waals surface area (Å²) in [6, 6.07) is 18.3. The van der Waals surface area contributed by atoms with E-state index in [1.54, 1.807) is 12.1 Å². The number of hydrogen-bond donors (Lipinski definition) is 1. The molecule has 0 spiro atoms. The average molecular weight is 485 g/mol. The zero-order valence-electron chi connectivity index (χ0n) is 23.1. The highest BCUT2D eigenvalue weighted by atomic mass is 16.5. The lowest BCUT2D eigenvalue weighted by molar-refractivity contribution is 0.0697. The summed E-state index contributed by atoms with van der Waals surface area (Å²) in [5.74, 6) is -0.0715. The van der Waals surface area contributed by atoms with E-state index >= 15 is 0 Å². The predicted octanol–water partition coefficient (Wildman–Crippen LogP) is 8.59. The third-order valence-electron chi connectivity index (χ3n) is 7.93. The minimum absolute atomic E-state index is 0.0172. The topological polar surface area (TPSA) is 46.5 Å². The van der Waals surface area contributed by atoms with Gasteiger partial charge in [-0.3, -0.25) is 0 Å². The van der Waals surface area contributed by atoms with Gasteiger partial charge in [-0.2, -0.15) is 0 Å². The number of hydrogen-bond acceptors (Lipinski definition) is 2. The standard InChI is InChI=1S/C33H40O3/c1-21-17-27-28(33(7,8)16-15-32(27,5)6)19-25(21)26-18-24(31(2,3)4)13-14-29(26)36-20-22-9-11-23(12-10-22)30(34)35/h9-14,17-19H,15-16,20H2,1-8H3,(H,34,35). The number of rotatable bonds is 5. The first-order valence-corrected chi connectivity index (χ1v) is 12.9. The van der Waals surface area contributed by atoms with Crippen molar-refractivity contribution in [1.29, 1.82) is 0 Å². The van der Waals surface area contributed by atoms with Gasteiger partial charge in [0.15, 0.2) is 0 Å². The molecule has 3 aromatic rings. The lowest BCUT2D eigenvalue weighted by Crippen LogP contribution is -2.34. The fraction of sp³-hybridized carbons (Fsp3) is 0.424. The van der Waals surface area contributed by atoms with Gasteiger partial charge < -0.3 is 9.84 Å². The lowest BCUT2D eigenvalue weighted by Gasteiger charge is -2.42. The van der Waals surface area contributed by atoms with Crippen molar-refractivity contribution < 1.29 is 14.6 Å². The number of aryl methyl sites for hydroxylation is 1. The van der Waals surface area contributed by atoms with Crippen LogP contribution in [0.3, 0.4) is 0 Å². The van der Waals surface area contributed by atoms with E-state index in [1.807, 2.05) is 12.1 Å². The summed E-state index contributed by atoms with van der Waals surface area (Å²) in [4.78, 5) is 11.2. The number of benzene rings is 3. The third-order valence-corrected chi connectivity index (χ3v) is 7.93. The van der Waals surface area contributed by atoms with Crippen molar-refractivity contribution in [2.75, 3.05) is 0 Å². The molecule has 1 aliphatic carbocycles. The Morgan fingerprint density at radius 1 is 0.861 bits per heavy atom. The summed E-state index contributed by atoms with van der Waals surface area (Å²) < 4.78 is 6.39. The van der Waals surface area contributed by atoms with E-state index in [-0.39, 0.29) is 21.8 Å². The van der Waals surface area contributed by atoms with Gasteiger partial charge in [0, 0.05) is 5.56 Å². The molecular formula is C33H40O3. The van der Waals surface area contributed by atoms with Gasteiger partial charge in [0.1, 0.15) is 12.4 Å². The molecule has 0 amide bonds. The van der Waals surface area contributed by atoms with Crippen LogP contribution in [0.5, 0.6) is 5.75 Å². The minimum atomic E-state index is -0.920. The molecule has 0 heterocycles. The Hall–Kier alpha value is -3.07. The van der Waals surface area contributed by atoms with E-state index < -0.39 is 5.97 Å². The largest absolute Gasteiger partial charge is 0.488 e. The van der Waals surface area contributed by atoms with Crippen molar-refractivity contribution in [2.24, 2.45) is 0 Å². The van der Waals surface area contributed by atoms with Gasteiger partial charge in [-0.25, -0.2) is 4.79 Å². The second kappa shape index (κ2) is 9.10. The van der Waals surface area contributed by atoms with Crippen LogP contribution in [-0.2, 0) is 22.9 Å². The van der Waals surface area contributed by atoms with E-state index in [9.17, 15) is 9.90 Å². The number of aromatic carboxylic acids is 1. The summed E-state index contributed by atoms with van der Waals surface area (Å²) in [5, 5.41) is 9.19. The quantitative estimate of drug-likeness (QED) is 0.394. The van der Waals surface area contributed by atoms with Crippen molar-refractivity contribution in [3.63, 3.8) is 0 Å². The molecule has 0 aromatic heterocycles. The maximum absolute atomic E-state index is 11.2. The van der Waals surface area contributed by atoms with Crippen LogP contribution in [-0.4, -0.2) is 11.1 Å². The molecule has 0 bridgehead atoms. The fourth-order valence-corrected chi connectivity index (χ4v) is 5.25. The molecule has 1 aliphatic rings. The molecule has 0 fully saturated rings. The van der Waals surface area contributed by atoms with E-state index in [0.717, 1.165) is 16.9 Å². The van der Waals surface area contributed by atoms with E-state index in [1.165, 1.54) is 40.7 Å². The van der Waals surface area contributed by atoms with Gasteiger partial charge in [0.25, 0.3) is 0 Å². The van der Waals surface area contributed by atoms with Gasteiger partial charge in [-0.1, -0.05) is 72.7 Å². The number of fused-ring (bicyclic) bond motifs is 1. The van der Waals surface area contributed by atoms with Gasteiger partial charge in [0.2, 0.25) is 0 Å². The van der Waals surface area contributed by atoms with Crippen LogP contribution < -0.4 is 4.74 Å². The van der Waals surface area contributed by atoms with Crippen molar-refractivity contribution >= 4 is 5.97 Å². The average Bonchev–Trinajstić information content (AvgIpc) is 2.80. The highest BCUT2D eigenvalue weighted by molar-refractivity contribution is 5.87. The van der Waals surface area contributed by atoms with Crippen LogP contribution in [0.25, 0.3) is 11.1 Å². The van der Waals surface area contributed by atoms with Crippen molar-refractivity contribution in [2.45, 2.75) is 91.1 Å². The zero-order chi connectivity index (χ0) is 26.5. The van der Waals surface area contributed by atoms with Gasteiger partial charge in [-0.05, 0) is 99.7 Å². The van der Waals surface area contributed by atoms with Gasteiger partial charge in [-0.15, -0.1) is 0 Å². The molecule has 3 aromatic carbocycles. The summed E-state index contributed by atoms with van der Waals surface area (Å²) >= 11 is 0. The van der Waals surface area contributed by atoms with Crippen molar-refractivity contribution in [3.05, 3.63) is 88.0 Å². The number of carbonyl (C=O) groups is 1. The monoisotopic (exact) mass is 484 g/mol. The Labute approximate surface area is 216 Å². The van der Waals surface area contributed by atoms with Crippen LogP contribution in [0, 0.1) is 6.92 Å². The molecule has 0 saturated heterocycles. The van der Waals surface area contributed by atoms with Crippen molar-refractivity contribution in [3.8, 4) is 16.9 Å². The first-order chi connectivity index (χ1) is 16.7. The molecule has 36 heavy (non-hydrogen) atoms. The Kier molecular flexibility index (Phi) is 6.58. The van der Waals surface area contributed by atoms with Gasteiger partial charge in [0.05, 0.1) is 5.56 Å². The summed E-state index contributed by atoms with van der Waals surface area (Å²) in [6.07, 6.45) is 2.37. The summed E-state index contributed by atoms with van der Waals surface area (Å²) in [6.45, 7) is 18.8. The van der Waals surface area contributed by atoms with E-state index in [0.29, 0.717) is 6.61 Å². The molecule has 0 radical (unpaired) electrons. The molecule has 0 unspecified atom stereocenters. The normalized spacial score (nSPS) is 16.3. The maximum Gasteiger partial charge on any atom is 0.335 e. The number of carboxylic acid groups (broad SMARTS) is 1. The predicted molar refractivity (Wildman–Crippen MR) is 148 cm³/mol. The first kappa shape index (κ1) is 26.0. The molecule has 190 valence electrons. The highest BCUT2D eigenvalue weighted by Gasteiger charge is 2.37. The molecule has 0 saturated carbocycles. The van der Waals surface area contributed by atoms with Crippen LogP contribution >= 0.6 is 0 Å². The molecule has 0 aliphatic heterocycles. The Morgan fingerprint density at radius 3 is 2.00 bits per heavy atom. The highest BCUT2D eigenvalue weighted by Crippen LogP contribution is 2.48. The van der Waals surface area contributed by atoms with Crippen molar-refractivity contribution in [1.82, 2.24) is 0 Å². The molecule has 3 nitrogen and oxygen atoms in total. The van der Waals surface area contributed by atoms with Crippen LogP contribution in [0.15, 0.2) is 54.6 Å². The SMILES string of the molecule is Cc1cc2c(cc1-c1cc(C(C)(C)C)ccc1OCc1ccc(C(=O)O)cc1)C(C)(C)CCC2(C)C. The minimum Gasteiger partial charge on any atom is -0.488 e. The Bertz CT molecular complexity index is 1290. The van der Waals surface area contributed by atoms with Crippen LogP contribution in [0.2, 0.25) is 0 Å². The number of ether oxygens (including phenoxy) is 1. The molecule has 1 N–H and O–H groups in total. The second-order valence-electron chi connectivity index (χ2n) is 12.7. The molecule has 0 atom stereocenters. The maximum atomic E-state index is 11.2. The van der Waals surface area contributed by atoms with E-state index in [4.69, 9.17) is 4.74 Å². The fourth-order valence-electron chi connectivity index (χ4n) is 5.25. The second-order valence-corrected chi connectivity index (χ2v) is 12.7. The summed E-state index contributed by atoms with van der Waals surface area (Å²) in [7, 11) is 0. The van der Waals surface area contributed by atoms with Crippen LogP contribution in [0.1, 0.15) is 99.5 Å². The number of carboxylic acids is 1. The third kappa shape index (κ3) is 5.07. The summed E-state index contributed by atoms with van der Waals surface area (Å²) in [5.41, 5.74) is 9.32. The van der Waals surface area contributed by atoms with Crippen LogP contribution in [0.4, 0.5) is 0 Å². The first-order valence-electron chi connectivity index (χ1n) is 12.9. The molecule has 3 heteroatoms. The zero-order valence-corrected chi connectivity index (χ0v) is 23.1.